The molecule has 0 atom stereocenters. The van der Waals surface area contributed by atoms with Crippen LogP contribution in [0.15, 0.2) is 23.5 Å². The lowest BCUT2D eigenvalue weighted by Crippen LogP contribution is -2.49. The molecule has 2 aromatic rings. The molecule has 0 radical (unpaired) electrons. The van der Waals surface area contributed by atoms with Crippen LogP contribution in [-0.2, 0) is 6.54 Å². The van der Waals surface area contributed by atoms with E-state index in [4.69, 9.17) is 22.3 Å². The van der Waals surface area contributed by atoms with Crippen molar-refractivity contribution in [2.45, 2.75) is 31.9 Å². The van der Waals surface area contributed by atoms with E-state index >= 15 is 0 Å². The van der Waals surface area contributed by atoms with E-state index in [1.165, 1.54) is 0 Å². The number of hydrogen-bond acceptors (Lipinski definition) is 7. The number of pyridine rings is 1. The van der Waals surface area contributed by atoms with Crippen molar-refractivity contribution in [2.24, 2.45) is 10.7 Å². The zero-order valence-corrected chi connectivity index (χ0v) is 15.4. The summed E-state index contributed by atoms with van der Waals surface area (Å²) >= 11 is 6.30. The second-order valence-corrected chi connectivity index (χ2v) is 7.32. The van der Waals surface area contributed by atoms with Gasteiger partial charge in [-0.2, -0.15) is 0 Å². The third-order valence-corrected chi connectivity index (χ3v) is 5.39. The van der Waals surface area contributed by atoms with Gasteiger partial charge in [0.1, 0.15) is 11.5 Å². The SMILES string of the molecule is Cc1cc(C2=NCc3nc(N4CCC(O)(CN)CC4)cnc32)c(Cl)cn1. The second-order valence-electron chi connectivity index (χ2n) is 6.91. The van der Waals surface area contributed by atoms with E-state index < -0.39 is 5.60 Å². The van der Waals surface area contributed by atoms with E-state index in [0.717, 1.165) is 34.2 Å². The van der Waals surface area contributed by atoms with Gasteiger partial charge in [0, 0.05) is 37.1 Å². The Morgan fingerprint density at radius 2 is 2.04 bits per heavy atom. The summed E-state index contributed by atoms with van der Waals surface area (Å²) in [7, 11) is 0. The number of rotatable bonds is 3. The van der Waals surface area contributed by atoms with E-state index in [-0.39, 0.29) is 0 Å². The van der Waals surface area contributed by atoms with Crippen molar-refractivity contribution in [3.63, 3.8) is 0 Å². The van der Waals surface area contributed by atoms with Gasteiger partial charge in [-0.25, -0.2) is 9.97 Å². The van der Waals surface area contributed by atoms with Gasteiger partial charge < -0.3 is 15.7 Å². The maximum atomic E-state index is 10.3. The molecule has 7 nitrogen and oxygen atoms in total. The monoisotopic (exact) mass is 372 g/mol. The van der Waals surface area contributed by atoms with Crippen LogP contribution in [-0.4, -0.2) is 51.0 Å². The molecule has 3 N–H and O–H groups in total. The molecule has 4 rings (SSSR count). The van der Waals surface area contributed by atoms with Crippen LogP contribution in [0.4, 0.5) is 5.82 Å². The number of aliphatic imine (C=N–C) groups is 1. The molecule has 8 heteroatoms. The standard InChI is InChI=1S/C18H21ClN6O/c1-11-6-12(13(19)7-21-11)16-17-14(8-22-16)24-15(9-23-17)25-4-2-18(26,10-20)3-5-25/h6-7,9,26H,2-5,8,10,20H2,1H3. The highest BCUT2D eigenvalue weighted by Gasteiger charge is 2.32. The number of halogens is 1. The summed E-state index contributed by atoms with van der Waals surface area (Å²) < 4.78 is 0. The van der Waals surface area contributed by atoms with Crippen LogP contribution in [0.2, 0.25) is 5.02 Å². The Morgan fingerprint density at radius 1 is 1.27 bits per heavy atom. The van der Waals surface area contributed by atoms with Gasteiger partial charge in [0.2, 0.25) is 0 Å². The molecular weight excluding hydrogens is 352 g/mol. The zero-order chi connectivity index (χ0) is 18.3. The Hall–Kier alpha value is -2.09. The van der Waals surface area contributed by atoms with E-state index in [1.54, 1.807) is 12.4 Å². The first-order valence-electron chi connectivity index (χ1n) is 8.70. The highest BCUT2D eigenvalue weighted by Crippen LogP contribution is 2.28. The van der Waals surface area contributed by atoms with E-state index in [1.807, 2.05) is 13.0 Å². The first kappa shape index (κ1) is 17.3. The molecule has 1 fully saturated rings. The van der Waals surface area contributed by atoms with E-state index in [9.17, 15) is 5.11 Å². The molecule has 0 aromatic carbocycles. The Balaban J connectivity index is 1.58. The summed E-state index contributed by atoms with van der Waals surface area (Å²) in [5.74, 6) is 0.816. The Morgan fingerprint density at radius 3 is 2.77 bits per heavy atom. The van der Waals surface area contributed by atoms with Gasteiger partial charge in [0.25, 0.3) is 0 Å². The summed E-state index contributed by atoms with van der Waals surface area (Å²) in [5, 5.41) is 10.8. The summed E-state index contributed by atoms with van der Waals surface area (Å²) in [5.41, 5.74) is 9.02. The largest absolute Gasteiger partial charge is 0.388 e. The van der Waals surface area contributed by atoms with Crippen LogP contribution in [0.5, 0.6) is 0 Å². The minimum absolute atomic E-state index is 0.292. The summed E-state index contributed by atoms with van der Waals surface area (Å²) in [6.45, 7) is 4.13. The molecule has 0 bridgehead atoms. The quantitative estimate of drug-likeness (QED) is 0.846. The van der Waals surface area contributed by atoms with Gasteiger partial charge in [-0.15, -0.1) is 0 Å². The van der Waals surface area contributed by atoms with Crippen LogP contribution < -0.4 is 10.6 Å². The molecule has 2 aliphatic rings. The molecular formula is C18H21ClN6O. The molecule has 26 heavy (non-hydrogen) atoms. The van der Waals surface area contributed by atoms with Crippen LogP contribution in [0.25, 0.3) is 0 Å². The van der Waals surface area contributed by atoms with Crippen LogP contribution in [0.1, 0.15) is 35.5 Å². The normalized spacial score (nSPS) is 18.6. The van der Waals surface area contributed by atoms with Crippen LogP contribution >= 0.6 is 11.6 Å². The lowest BCUT2D eigenvalue weighted by Gasteiger charge is -2.37. The molecule has 0 aliphatic carbocycles. The Labute approximate surface area is 157 Å². The third-order valence-electron chi connectivity index (χ3n) is 5.09. The predicted molar refractivity (Wildman–Crippen MR) is 101 cm³/mol. The van der Waals surface area contributed by atoms with Crippen LogP contribution in [0, 0.1) is 6.92 Å². The fourth-order valence-electron chi connectivity index (χ4n) is 3.40. The first-order valence-corrected chi connectivity index (χ1v) is 9.07. The average molecular weight is 373 g/mol. The maximum absolute atomic E-state index is 10.3. The number of aryl methyl sites for hydroxylation is 1. The number of piperidine rings is 1. The van der Waals surface area contributed by atoms with Crippen molar-refractivity contribution in [1.82, 2.24) is 15.0 Å². The number of anilines is 1. The second kappa shape index (κ2) is 6.57. The van der Waals surface area contributed by atoms with Gasteiger partial charge in [0.05, 0.1) is 34.8 Å². The Kier molecular flexibility index (Phi) is 4.38. The maximum Gasteiger partial charge on any atom is 0.147 e. The summed E-state index contributed by atoms with van der Waals surface area (Å²) in [6, 6.07) is 1.92. The van der Waals surface area contributed by atoms with Gasteiger partial charge in [-0.1, -0.05) is 11.6 Å². The number of aliphatic hydroxyl groups is 1. The van der Waals surface area contributed by atoms with E-state index in [0.29, 0.717) is 44.0 Å². The van der Waals surface area contributed by atoms with E-state index in [2.05, 4.69) is 19.9 Å². The molecule has 0 saturated carbocycles. The van der Waals surface area contributed by atoms with Crippen LogP contribution in [0.3, 0.4) is 0 Å². The van der Waals surface area contributed by atoms with Crippen molar-refractivity contribution in [2.75, 3.05) is 24.5 Å². The molecule has 0 amide bonds. The zero-order valence-electron chi connectivity index (χ0n) is 14.6. The van der Waals surface area contributed by atoms with Crippen molar-refractivity contribution >= 4 is 23.1 Å². The van der Waals surface area contributed by atoms with Gasteiger partial charge in [-0.05, 0) is 25.8 Å². The number of fused-ring (bicyclic) bond motifs is 1. The first-order chi connectivity index (χ1) is 12.5. The van der Waals surface area contributed by atoms with Gasteiger partial charge >= 0.3 is 0 Å². The van der Waals surface area contributed by atoms with Gasteiger partial charge in [-0.3, -0.25) is 9.98 Å². The Bertz CT molecular complexity index is 876. The third kappa shape index (κ3) is 3.06. The topological polar surface area (TPSA) is 101 Å². The highest BCUT2D eigenvalue weighted by molar-refractivity contribution is 6.35. The average Bonchev–Trinajstić information content (AvgIpc) is 3.07. The van der Waals surface area contributed by atoms with Crippen molar-refractivity contribution in [1.29, 1.82) is 0 Å². The van der Waals surface area contributed by atoms with Gasteiger partial charge in [0.15, 0.2) is 0 Å². The molecule has 2 aromatic heterocycles. The lowest BCUT2D eigenvalue weighted by atomic mass is 9.92. The number of hydrogen-bond donors (Lipinski definition) is 2. The minimum Gasteiger partial charge on any atom is -0.388 e. The molecule has 136 valence electrons. The summed E-state index contributed by atoms with van der Waals surface area (Å²) in [4.78, 5) is 20.3. The van der Waals surface area contributed by atoms with Crippen molar-refractivity contribution < 1.29 is 5.11 Å². The molecule has 0 unspecified atom stereocenters. The predicted octanol–water partition coefficient (Wildman–Crippen LogP) is 1.47. The highest BCUT2D eigenvalue weighted by atomic mass is 35.5. The van der Waals surface area contributed by atoms with Crippen molar-refractivity contribution in [3.05, 3.63) is 46.1 Å². The fourth-order valence-corrected chi connectivity index (χ4v) is 3.59. The molecule has 0 spiro atoms. The molecule has 4 heterocycles. The number of nitrogens with two attached hydrogens (primary N) is 1. The molecule has 2 aliphatic heterocycles. The summed E-state index contributed by atoms with van der Waals surface area (Å²) in [6.07, 6.45) is 4.68. The number of aromatic nitrogens is 3. The number of nitrogens with zero attached hydrogens (tertiary/aromatic N) is 5. The lowest BCUT2D eigenvalue weighted by molar-refractivity contribution is 0.0248. The smallest absolute Gasteiger partial charge is 0.147 e. The fraction of sp³-hybridized carbons (Fsp3) is 0.444. The minimum atomic E-state index is -0.757. The molecule has 1 saturated heterocycles. The van der Waals surface area contributed by atoms with Crippen molar-refractivity contribution in [3.8, 4) is 0 Å².